The van der Waals surface area contributed by atoms with Gasteiger partial charge in [-0.3, -0.25) is 0 Å². The van der Waals surface area contributed by atoms with E-state index >= 15 is 0 Å². The van der Waals surface area contributed by atoms with Crippen LogP contribution in [0.1, 0.15) is 19.2 Å². The number of hydrogen-bond donors (Lipinski definition) is 0. The fourth-order valence-electron chi connectivity index (χ4n) is 3.25. The second kappa shape index (κ2) is 7.00. The lowest BCUT2D eigenvalue weighted by Crippen LogP contribution is -2.10. The third-order valence-corrected chi connectivity index (χ3v) is 4.41. The van der Waals surface area contributed by atoms with Crippen molar-refractivity contribution in [1.82, 2.24) is 24.1 Å². The van der Waals surface area contributed by atoms with E-state index in [-0.39, 0.29) is 0 Å². The highest BCUT2D eigenvalue weighted by molar-refractivity contribution is 5.71. The third-order valence-electron chi connectivity index (χ3n) is 4.41. The quantitative estimate of drug-likeness (QED) is 0.533. The van der Waals surface area contributed by atoms with Crippen molar-refractivity contribution in [3.05, 3.63) is 60.8 Å². The lowest BCUT2D eigenvalue weighted by atomic mass is 10.2. The van der Waals surface area contributed by atoms with Crippen molar-refractivity contribution in [3.8, 4) is 17.1 Å². The number of imidazole rings is 2. The molecular weight excluding hydrogens is 326 g/mol. The van der Waals surface area contributed by atoms with Crippen molar-refractivity contribution in [2.45, 2.75) is 26.4 Å². The summed E-state index contributed by atoms with van der Waals surface area (Å²) in [5.74, 6) is 2.66. The van der Waals surface area contributed by atoms with Crippen LogP contribution < -0.4 is 4.74 Å². The maximum absolute atomic E-state index is 5.50. The molecule has 0 amide bonds. The summed E-state index contributed by atoms with van der Waals surface area (Å²) in [5.41, 5.74) is 2.83. The number of hydrogen-bond acceptors (Lipinski definition) is 4. The molecule has 0 fully saturated rings. The lowest BCUT2D eigenvalue weighted by molar-refractivity contribution is 0.416. The standard InChI is InChI=1S/C20H21N5O/c1-3-12-25-18(23-16-8-6-10-21-20(16)25)14-24-13-11-22-19(24)15-7-4-5-9-17(15)26-2/h4-11,13H,3,12,14H2,1-2H3. The lowest BCUT2D eigenvalue weighted by Gasteiger charge is -2.12. The number of fused-ring (bicyclic) bond motifs is 1. The van der Waals surface area contributed by atoms with E-state index in [1.807, 2.05) is 55.0 Å². The zero-order valence-electron chi connectivity index (χ0n) is 15.0. The highest BCUT2D eigenvalue weighted by Gasteiger charge is 2.15. The van der Waals surface area contributed by atoms with E-state index in [4.69, 9.17) is 9.72 Å². The van der Waals surface area contributed by atoms with Gasteiger partial charge in [0.1, 0.15) is 22.9 Å². The Bertz CT molecular complexity index is 1030. The Labute approximate surface area is 152 Å². The minimum Gasteiger partial charge on any atom is -0.496 e. The van der Waals surface area contributed by atoms with Crippen molar-refractivity contribution < 1.29 is 4.74 Å². The molecule has 26 heavy (non-hydrogen) atoms. The maximum atomic E-state index is 5.50. The zero-order valence-corrected chi connectivity index (χ0v) is 15.0. The first-order valence-corrected chi connectivity index (χ1v) is 8.76. The molecule has 6 heteroatoms. The Morgan fingerprint density at radius 3 is 2.77 bits per heavy atom. The van der Waals surface area contributed by atoms with Crippen molar-refractivity contribution in [3.63, 3.8) is 0 Å². The molecule has 0 aliphatic rings. The first-order chi connectivity index (χ1) is 12.8. The summed E-state index contributed by atoms with van der Waals surface area (Å²) in [4.78, 5) is 13.9. The molecule has 0 bridgehead atoms. The van der Waals surface area contributed by atoms with E-state index < -0.39 is 0 Å². The van der Waals surface area contributed by atoms with Gasteiger partial charge in [-0.15, -0.1) is 0 Å². The predicted molar refractivity (Wildman–Crippen MR) is 101 cm³/mol. The van der Waals surface area contributed by atoms with E-state index in [9.17, 15) is 0 Å². The van der Waals surface area contributed by atoms with Crippen molar-refractivity contribution in [2.24, 2.45) is 0 Å². The van der Waals surface area contributed by atoms with Crippen LogP contribution in [0.25, 0.3) is 22.6 Å². The van der Waals surface area contributed by atoms with Crippen LogP contribution in [0.2, 0.25) is 0 Å². The van der Waals surface area contributed by atoms with Crippen LogP contribution >= 0.6 is 0 Å². The topological polar surface area (TPSA) is 57.8 Å². The molecule has 0 N–H and O–H groups in total. The zero-order chi connectivity index (χ0) is 17.9. The van der Waals surface area contributed by atoms with Gasteiger partial charge in [0.2, 0.25) is 0 Å². The Balaban J connectivity index is 1.77. The van der Waals surface area contributed by atoms with E-state index in [2.05, 4.69) is 26.0 Å². The van der Waals surface area contributed by atoms with Gasteiger partial charge in [0.15, 0.2) is 5.65 Å². The van der Waals surface area contributed by atoms with Gasteiger partial charge in [0.25, 0.3) is 0 Å². The molecule has 3 aromatic heterocycles. The number of methoxy groups -OCH3 is 1. The molecule has 0 spiro atoms. The highest BCUT2D eigenvalue weighted by atomic mass is 16.5. The van der Waals surface area contributed by atoms with E-state index in [0.29, 0.717) is 6.54 Å². The molecule has 6 nitrogen and oxygen atoms in total. The summed E-state index contributed by atoms with van der Waals surface area (Å²) in [6.07, 6.45) is 6.63. The smallest absolute Gasteiger partial charge is 0.160 e. The first kappa shape index (κ1) is 16.3. The molecular formula is C20H21N5O. The van der Waals surface area contributed by atoms with E-state index in [0.717, 1.165) is 47.1 Å². The summed E-state index contributed by atoms with van der Waals surface area (Å²) in [6, 6.07) is 11.9. The molecule has 1 aromatic carbocycles. The molecule has 0 atom stereocenters. The average molecular weight is 347 g/mol. The molecule has 0 saturated carbocycles. The monoisotopic (exact) mass is 347 g/mol. The van der Waals surface area contributed by atoms with Gasteiger partial charge in [-0.05, 0) is 30.7 Å². The number of pyridine rings is 1. The Hall–Kier alpha value is -3.15. The van der Waals surface area contributed by atoms with E-state index in [1.54, 1.807) is 7.11 Å². The summed E-state index contributed by atoms with van der Waals surface area (Å²) in [5, 5.41) is 0. The van der Waals surface area contributed by atoms with Gasteiger partial charge in [0, 0.05) is 25.1 Å². The summed E-state index contributed by atoms with van der Waals surface area (Å²) in [7, 11) is 1.68. The van der Waals surface area contributed by atoms with Crippen LogP contribution in [0.15, 0.2) is 55.0 Å². The number of para-hydroxylation sites is 1. The van der Waals surface area contributed by atoms with Gasteiger partial charge in [-0.2, -0.15) is 0 Å². The Morgan fingerprint density at radius 1 is 1.04 bits per heavy atom. The summed E-state index contributed by atoms with van der Waals surface area (Å²) in [6.45, 7) is 3.68. The summed E-state index contributed by atoms with van der Waals surface area (Å²) >= 11 is 0. The number of aryl methyl sites for hydroxylation is 1. The number of nitrogens with zero attached hydrogens (tertiary/aromatic N) is 5. The molecule has 0 saturated heterocycles. The second-order valence-electron chi connectivity index (χ2n) is 6.10. The van der Waals surface area contributed by atoms with Crippen LogP contribution in [0.4, 0.5) is 0 Å². The van der Waals surface area contributed by atoms with Crippen LogP contribution in [0.3, 0.4) is 0 Å². The second-order valence-corrected chi connectivity index (χ2v) is 6.10. The van der Waals surface area contributed by atoms with Crippen molar-refractivity contribution in [1.29, 1.82) is 0 Å². The van der Waals surface area contributed by atoms with Crippen LogP contribution in [0.5, 0.6) is 5.75 Å². The van der Waals surface area contributed by atoms with Crippen molar-refractivity contribution >= 4 is 11.2 Å². The van der Waals surface area contributed by atoms with Crippen LogP contribution in [-0.2, 0) is 13.1 Å². The fraction of sp³-hybridized carbons (Fsp3) is 0.250. The molecule has 132 valence electrons. The SMILES string of the molecule is CCCn1c(Cn2ccnc2-c2ccccc2OC)nc2cccnc21. The fourth-order valence-corrected chi connectivity index (χ4v) is 3.25. The van der Waals surface area contributed by atoms with Gasteiger partial charge in [-0.1, -0.05) is 19.1 Å². The number of benzene rings is 1. The molecule has 3 heterocycles. The maximum Gasteiger partial charge on any atom is 0.160 e. The molecule has 0 aliphatic carbocycles. The third kappa shape index (κ3) is 2.83. The minimum absolute atomic E-state index is 0.629. The minimum atomic E-state index is 0.629. The van der Waals surface area contributed by atoms with Crippen LogP contribution in [0, 0.1) is 0 Å². The molecule has 4 aromatic rings. The normalized spacial score (nSPS) is 11.2. The predicted octanol–water partition coefficient (Wildman–Crippen LogP) is 3.76. The molecule has 0 aliphatic heterocycles. The Morgan fingerprint density at radius 2 is 1.92 bits per heavy atom. The molecule has 0 unspecified atom stereocenters. The van der Waals surface area contributed by atoms with Crippen LogP contribution in [-0.4, -0.2) is 31.2 Å². The number of rotatable bonds is 6. The summed E-state index contributed by atoms with van der Waals surface area (Å²) < 4.78 is 9.80. The first-order valence-electron chi connectivity index (χ1n) is 8.76. The van der Waals surface area contributed by atoms with Gasteiger partial charge in [-0.25, -0.2) is 15.0 Å². The van der Waals surface area contributed by atoms with Crippen molar-refractivity contribution in [2.75, 3.05) is 7.11 Å². The number of ether oxygens (including phenoxy) is 1. The van der Waals surface area contributed by atoms with Gasteiger partial charge in [0.05, 0.1) is 19.2 Å². The number of aromatic nitrogens is 5. The Kier molecular flexibility index (Phi) is 4.39. The molecule has 4 rings (SSSR count). The van der Waals surface area contributed by atoms with Gasteiger partial charge < -0.3 is 13.9 Å². The largest absolute Gasteiger partial charge is 0.496 e. The van der Waals surface area contributed by atoms with Gasteiger partial charge >= 0.3 is 0 Å². The average Bonchev–Trinajstić information content (AvgIpc) is 3.27. The highest BCUT2D eigenvalue weighted by Crippen LogP contribution is 2.28. The van der Waals surface area contributed by atoms with E-state index in [1.165, 1.54) is 0 Å². The molecule has 0 radical (unpaired) electrons.